The van der Waals surface area contributed by atoms with Gasteiger partial charge in [0.15, 0.2) is 8.32 Å². The molecule has 2 fully saturated rings. The second-order valence-corrected chi connectivity index (χ2v) is 11.3. The Morgan fingerprint density at radius 1 is 1.13 bits per heavy atom. The van der Waals surface area contributed by atoms with Crippen molar-refractivity contribution in [2.45, 2.75) is 76.5 Å². The summed E-state index contributed by atoms with van der Waals surface area (Å²) in [6.07, 6.45) is 5.14. The van der Waals surface area contributed by atoms with Crippen molar-refractivity contribution >= 4 is 8.32 Å². The molecule has 0 amide bonds. The van der Waals surface area contributed by atoms with Gasteiger partial charge in [-0.05, 0) is 31.0 Å². The highest BCUT2D eigenvalue weighted by Gasteiger charge is 2.47. The molecular weight excluding hydrogens is 204 g/mol. The van der Waals surface area contributed by atoms with Gasteiger partial charge in [-0.3, -0.25) is 0 Å². The molecule has 1 saturated carbocycles. The fourth-order valence-electron chi connectivity index (χ4n) is 2.07. The van der Waals surface area contributed by atoms with Gasteiger partial charge in [0.25, 0.3) is 0 Å². The molecule has 0 aromatic carbocycles. The molecule has 0 radical (unpaired) electrons. The van der Waals surface area contributed by atoms with Crippen LogP contribution in [-0.4, -0.2) is 26.6 Å². The highest BCUT2D eigenvalue weighted by Crippen LogP contribution is 2.42. The molecule has 3 atom stereocenters. The monoisotopic (exact) mass is 228 g/mol. The summed E-state index contributed by atoms with van der Waals surface area (Å²) in [7, 11) is -1.56. The zero-order valence-electron chi connectivity index (χ0n) is 10.7. The Bertz CT molecular complexity index is 244. The Labute approximate surface area is 94.5 Å². The fraction of sp³-hybridized carbons (Fsp3) is 1.00. The Hall–Kier alpha value is 0.137. The minimum atomic E-state index is -1.56. The third-order valence-electron chi connectivity index (χ3n) is 4.22. The van der Waals surface area contributed by atoms with E-state index in [1.165, 1.54) is 12.8 Å². The van der Waals surface area contributed by atoms with Crippen LogP contribution in [0.4, 0.5) is 0 Å². The van der Waals surface area contributed by atoms with Crippen LogP contribution in [0.1, 0.15) is 40.0 Å². The predicted molar refractivity (Wildman–Crippen MR) is 64.6 cm³/mol. The quantitative estimate of drug-likeness (QED) is 0.534. The maximum Gasteiger partial charge on any atom is 0.192 e. The molecule has 2 aliphatic rings. The second-order valence-electron chi connectivity index (χ2n) is 6.53. The fourth-order valence-corrected chi connectivity index (χ4v) is 3.47. The third kappa shape index (κ3) is 2.45. The standard InChI is InChI=1S/C12H24O2Si/c1-12(2,3)15(4,5)14-9-6-7-10-11(8-9)13-10/h9-11H,6-8H2,1-5H3. The minimum Gasteiger partial charge on any atom is -0.414 e. The van der Waals surface area contributed by atoms with Crippen LogP contribution < -0.4 is 0 Å². The van der Waals surface area contributed by atoms with E-state index in [-0.39, 0.29) is 0 Å². The molecule has 1 heterocycles. The molecule has 1 saturated heterocycles. The summed E-state index contributed by atoms with van der Waals surface area (Å²) >= 11 is 0. The van der Waals surface area contributed by atoms with Gasteiger partial charge in [0.1, 0.15) is 0 Å². The molecule has 15 heavy (non-hydrogen) atoms. The Morgan fingerprint density at radius 2 is 1.80 bits per heavy atom. The molecule has 3 unspecified atom stereocenters. The molecule has 1 aliphatic heterocycles. The van der Waals surface area contributed by atoms with E-state index in [2.05, 4.69) is 33.9 Å². The zero-order chi connectivity index (χ0) is 11.3. The summed E-state index contributed by atoms with van der Waals surface area (Å²) in [4.78, 5) is 0. The number of hydrogen-bond acceptors (Lipinski definition) is 2. The first-order valence-electron chi connectivity index (χ1n) is 6.13. The summed E-state index contributed by atoms with van der Waals surface area (Å²) in [5.74, 6) is 0. The zero-order valence-corrected chi connectivity index (χ0v) is 11.7. The minimum absolute atomic E-state index is 0.328. The van der Waals surface area contributed by atoms with Crippen LogP contribution in [0.5, 0.6) is 0 Å². The first kappa shape index (κ1) is 11.6. The number of epoxide rings is 1. The van der Waals surface area contributed by atoms with E-state index in [0.717, 1.165) is 6.42 Å². The van der Waals surface area contributed by atoms with Gasteiger partial charge >= 0.3 is 0 Å². The Morgan fingerprint density at radius 3 is 2.33 bits per heavy atom. The first-order chi connectivity index (χ1) is 6.79. The van der Waals surface area contributed by atoms with Crippen molar-refractivity contribution in [3.63, 3.8) is 0 Å². The van der Waals surface area contributed by atoms with E-state index >= 15 is 0 Å². The highest BCUT2D eigenvalue weighted by atomic mass is 28.4. The van der Waals surface area contributed by atoms with Crippen molar-refractivity contribution in [3.05, 3.63) is 0 Å². The van der Waals surface area contributed by atoms with Crippen molar-refractivity contribution in [1.82, 2.24) is 0 Å². The molecule has 1 aliphatic carbocycles. The van der Waals surface area contributed by atoms with Crippen molar-refractivity contribution in [2.75, 3.05) is 0 Å². The Balaban J connectivity index is 1.90. The smallest absolute Gasteiger partial charge is 0.192 e. The van der Waals surface area contributed by atoms with Crippen LogP contribution in [0.15, 0.2) is 0 Å². The van der Waals surface area contributed by atoms with Crippen LogP contribution in [-0.2, 0) is 9.16 Å². The molecule has 0 aromatic heterocycles. The van der Waals surface area contributed by atoms with Gasteiger partial charge in [0.05, 0.1) is 12.2 Å². The Kier molecular flexibility index (Phi) is 2.77. The van der Waals surface area contributed by atoms with Crippen LogP contribution in [0.3, 0.4) is 0 Å². The van der Waals surface area contributed by atoms with Gasteiger partial charge in [0.2, 0.25) is 0 Å². The van der Waals surface area contributed by atoms with E-state index in [0.29, 0.717) is 23.4 Å². The predicted octanol–water partition coefficient (Wildman–Crippen LogP) is 3.33. The summed E-state index contributed by atoms with van der Waals surface area (Å²) in [6.45, 7) is 11.6. The van der Waals surface area contributed by atoms with Gasteiger partial charge in [-0.1, -0.05) is 20.8 Å². The average molecular weight is 228 g/mol. The number of rotatable bonds is 2. The molecule has 0 aromatic rings. The highest BCUT2D eigenvalue weighted by molar-refractivity contribution is 6.74. The third-order valence-corrected chi connectivity index (χ3v) is 8.76. The van der Waals surface area contributed by atoms with Gasteiger partial charge in [0, 0.05) is 12.5 Å². The van der Waals surface area contributed by atoms with Gasteiger partial charge in [-0.2, -0.15) is 0 Å². The van der Waals surface area contributed by atoms with E-state index in [1.54, 1.807) is 0 Å². The molecule has 0 bridgehead atoms. The molecule has 88 valence electrons. The van der Waals surface area contributed by atoms with Gasteiger partial charge < -0.3 is 9.16 Å². The summed E-state index contributed by atoms with van der Waals surface area (Å²) < 4.78 is 11.9. The van der Waals surface area contributed by atoms with Crippen LogP contribution in [0.2, 0.25) is 18.1 Å². The second kappa shape index (κ2) is 3.57. The van der Waals surface area contributed by atoms with Crippen LogP contribution >= 0.6 is 0 Å². The summed E-state index contributed by atoms with van der Waals surface area (Å²) in [6, 6.07) is 0. The molecule has 0 N–H and O–H groups in total. The lowest BCUT2D eigenvalue weighted by molar-refractivity contribution is 0.146. The van der Waals surface area contributed by atoms with Crippen molar-refractivity contribution in [3.8, 4) is 0 Å². The van der Waals surface area contributed by atoms with Crippen LogP contribution in [0, 0.1) is 0 Å². The summed E-state index contributed by atoms with van der Waals surface area (Å²) in [5.41, 5.74) is 0. The van der Waals surface area contributed by atoms with Gasteiger partial charge in [-0.15, -0.1) is 0 Å². The lowest BCUT2D eigenvalue weighted by Crippen LogP contribution is -2.44. The average Bonchev–Trinajstić information content (AvgIpc) is 2.78. The molecular formula is C12H24O2Si. The number of fused-ring (bicyclic) bond motifs is 1. The van der Waals surface area contributed by atoms with E-state index in [1.807, 2.05) is 0 Å². The molecule has 3 heteroatoms. The maximum absolute atomic E-state index is 6.40. The normalized spacial score (nSPS) is 36.2. The maximum atomic E-state index is 6.40. The van der Waals surface area contributed by atoms with Crippen molar-refractivity contribution < 1.29 is 9.16 Å². The van der Waals surface area contributed by atoms with E-state index in [4.69, 9.17) is 9.16 Å². The van der Waals surface area contributed by atoms with Crippen molar-refractivity contribution in [2.24, 2.45) is 0 Å². The topological polar surface area (TPSA) is 21.8 Å². The first-order valence-corrected chi connectivity index (χ1v) is 9.04. The lowest BCUT2D eigenvalue weighted by Gasteiger charge is -2.39. The summed E-state index contributed by atoms with van der Waals surface area (Å²) in [5, 5.41) is 0.328. The molecule has 0 spiro atoms. The van der Waals surface area contributed by atoms with Crippen LogP contribution in [0.25, 0.3) is 0 Å². The number of ether oxygens (including phenoxy) is 1. The SMILES string of the molecule is CC(C)(C)[Si](C)(C)OC1CCC2OC2C1. The lowest BCUT2D eigenvalue weighted by atomic mass is 9.98. The van der Waals surface area contributed by atoms with Gasteiger partial charge in [-0.25, -0.2) is 0 Å². The molecule has 2 nitrogen and oxygen atoms in total. The van der Waals surface area contributed by atoms with E-state index < -0.39 is 8.32 Å². The van der Waals surface area contributed by atoms with Crippen molar-refractivity contribution in [1.29, 1.82) is 0 Å². The van der Waals surface area contributed by atoms with E-state index in [9.17, 15) is 0 Å². The largest absolute Gasteiger partial charge is 0.414 e. The number of hydrogen-bond donors (Lipinski definition) is 0. The molecule has 2 rings (SSSR count).